The molecule has 0 spiro atoms. The lowest BCUT2D eigenvalue weighted by Crippen LogP contribution is -2.24. The molecule has 2 N–H and O–H groups in total. The van der Waals surface area contributed by atoms with Gasteiger partial charge in [0.1, 0.15) is 5.82 Å². The van der Waals surface area contributed by atoms with Crippen LogP contribution in [0.3, 0.4) is 0 Å². The van der Waals surface area contributed by atoms with E-state index < -0.39 is 10.0 Å². The predicted molar refractivity (Wildman–Crippen MR) is 116 cm³/mol. The minimum atomic E-state index is -3.80. The highest BCUT2D eigenvalue weighted by atomic mass is 32.2. The number of anilines is 1. The van der Waals surface area contributed by atoms with Crippen LogP contribution in [0.4, 0.5) is 10.1 Å². The molecule has 0 saturated heterocycles. The Hall–Kier alpha value is -3.19. The van der Waals surface area contributed by atoms with E-state index in [2.05, 4.69) is 10.0 Å². The molecule has 0 unspecified atom stereocenters. The molecule has 0 aliphatic heterocycles. The van der Waals surface area contributed by atoms with Crippen LogP contribution in [-0.2, 0) is 10.0 Å². The molecule has 0 bridgehead atoms. The molecule has 0 aliphatic rings. The fraction of sp³-hybridized carbons (Fsp3) is 0.174. The standard InChI is InChI=1S/C23H23FN2O3S/c1-2-3-15-25-23(27)18-7-11-21(12-8-18)26-30(28,29)22-13-9-17(10-14-22)19-5-4-6-20(24)16-19/h4-14,16,26H,2-3,15H2,1H3,(H,25,27). The third-order valence-corrected chi connectivity index (χ3v) is 5.93. The fourth-order valence-electron chi connectivity index (χ4n) is 2.88. The van der Waals surface area contributed by atoms with E-state index in [0.29, 0.717) is 28.9 Å². The second-order valence-corrected chi connectivity index (χ2v) is 8.51. The molecule has 3 aromatic carbocycles. The van der Waals surface area contributed by atoms with Crippen LogP contribution >= 0.6 is 0 Å². The Balaban J connectivity index is 1.69. The summed E-state index contributed by atoms with van der Waals surface area (Å²) in [6.07, 6.45) is 1.89. The van der Waals surface area contributed by atoms with E-state index in [1.54, 1.807) is 48.5 Å². The Morgan fingerprint density at radius 1 is 0.933 bits per heavy atom. The smallest absolute Gasteiger partial charge is 0.261 e. The van der Waals surface area contributed by atoms with Gasteiger partial charge < -0.3 is 5.32 Å². The molecule has 30 heavy (non-hydrogen) atoms. The lowest BCUT2D eigenvalue weighted by molar-refractivity contribution is 0.0953. The molecular weight excluding hydrogens is 403 g/mol. The van der Waals surface area contributed by atoms with Crippen LogP contribution in [0.1, 0.15) is 30.1 Å². The van der Waals surface area contributed by atoms with Gasteiger partial charge in [-0.05, 0) is 66.1 Å². The Kier molecular flexibility index (Phi) is 6.84. The van der Waals surface area contributed by atoms with Crippen molar-refractivity contribution in [3.05, 3.63) is 84.2 Å². The van der Waals surface area contributed by atoms with Gasteiger partial charge in [-0.1, -0.05) is 37.6 Å². The molecule has 156 valence electrons. The number of benzene rings is 3. The van der Waals surface area contributed by atoms with Gasteiger partial charge in [-0.15, -0.1) is 0 Å². The van der Waals surface area contributed by atoms with Gasteiger partial charge >= 0.3 is 0 Å². The van der Waals surface area contributed by atoms with E-state index in [1.807, 2.05) is 6.92 Å². The van der Waals surface area contributed by atoms with Crippen LogP contribution < -0.4 is 10.0 Å². The minimum absolute atomic E-state index is 0.0871. The number of hydrogen-bond acceptors (Lipinski definition) is 3. The first-order valence-electron chi connectivity index (χ1n) is 9.66. The Morgan fingerprint density at radius 2 is 1.63 bits per heavy atom. The Morgan fingerprint density at radius 3 is 2.27 bits per heavy atom. The van der Waals surface area contributed by atoms with E-state index in [0.717, 1.165) is 12.8 Å². The molecule has 0 fully saturated rings. The van der Waals surface area contributed by atoms with E-state index in [1.165, 1.54) is 24.3 Å². The molecule has 5 nitrogen and oxygen atoms in total. The molecule has 3 aromatic rings. The van der Waals surface area contributed by atoms with Crippen LogP contribution in [0.25, 0.3) is 11.1 Å². The third-order valence-electron chi connectivity index (χ3n) is 4.54. The van der Waals surface area contributed by atoms with Crippen molar-refractivity contribution in [1.82, 2.24) is 5.32 Å². The van der Waals surface area contributed by atoms with Crippen molar-refractivity contribution < 1.29 is 17.6 Å². The number of halogens is 1. The molecular formula is C23H23FN2O3S. The normalized spacial score (nSPS) is 11.1. The Labute approximate surface area is 176 Å². The Bertz CT molecular complexity index is 1110. The zero-order valence-electron chi connectivity index (χ0n) is 16.6. The summed E-state index contributed by atoms with van der Waals surface area (Å²) in [6.45, 7) is 2.65. The summed E-state index contributed by atoms with van der Waals surface area (Å²) >= 11 is 0. The zero-order chi connectivity index (χ0) is 21.6. The molecule has 7 heteroatoms. The van der Waals surface area contributed by atoms with E-state index in [9.17, 15) is 17.6 Å². The van der Waals surface area contributed by atoms with Gasteiger partial charge in [0.2, 0.25) is 0 Å². The molecule has 0 heterocycles. The summed E-state index contributed by atoms with van der Waals surface area (Å²) in [7, 11) is -3.80. The van der Waals surface area contributed by atoms with Gasteiger partial charge in [0.05, 0.1) is 4.90 Å². The summed E-state index contributed by atoms with van der Waals surface area (Å²) in [4.78, 5) is 12.1. The van der Waals surface area contributed by atoms with E-state index in [4.69, 9.17) is 0 Å². The average Bonchev–Trinajstić information content (AvgIpc) is 2.74. The van der Waals surface area contributed by atoms with Crippen molar-refractivity contribution in [3.8, 4) is 11.1 Å². The third kappa shape index (κ3) is 5.45. The summed E-state index contributed by atoms with van der Waals surface area (Å²) in [5.74, 6) is -0.542. The van der Waals surface area contributed by atoms with Crippen molar-refractivity contribution in [3.63, 3.8) is 0 Å². The molecule has 0 aliphatic carbocycles. The molecule has 1 amide bonds. The molecule has 0 radical (unpaired) electrons. The highest BCUT2D eigenvalue weighted by Gasteiger charge is 2.15. The first-order chi connectivity index (χ1) is 14.4. The number of hydrogen-bond donors (Lipinski definition) is 2. The largest absolute Gasteiger partial charge is 0.352 e. The first kappa shape index (κ1) is 21.5. The molecule has 3 rings (SSSR count). The number of rotatable bonds is 8. The van der Waals surface area contributed by atoms with E-state index >= 15 is 0 Å². The van der Waals surface area contributed by atoms with Crippen LogP contribution in [0.5, 0.6) is 0 Å². The van der Waals surface area contributed by atoms with Crippen molar-refractivity contribution in [2.45, 2.75) is 24.7 Å². The highest BCUT2D eigenvalue weighted by Crippen LogP contribution is 2.23. The van der Waals surface area contributed by atoms with E-state index in [-0.39, 0.29) is 16.6 Å². The number of nitrogens with one attached hydrogen (secondary N) is 2. The fourth-order valence-corrected chi connectivity index (χ4v) is 3.94. The van der Waals surface area contributed by atoms with Gasteiger partial charge in [-0.25, -0.2) is 12.8 Å². The molecule has 0 aromatic heterocycles. The van der Waals surface area contributed by atoms with Gasteiger partial charge in [0.25, 0.3) is 15.9 Å². The maximum atomic E-state index is 13.4. The number of amides is 1. The summed E-state index contributed by atoms with van der Waals surface area (Å²) in [5, 5.41) is 2.81. The molecule has 0 atom stereocenters. The highest BCUT2D eigenvalue weighted by molar-refractivity contribution is 7.92. The van der Waals surface area contributed by atoms with Crippen molar-refractivity contribution in [2.75, 3.05) is 11.3 Å². The number of carbonyl (C=O) groups excluding carboxylic acids is 1. The summed E-state index contributed by atoms with van der Waals surface area (Å²) in [5.41, 5.74) is 2.20. The second kappa shape index (κ2) is 9.54. The van der Waals surface area contributed by atoms with Gasteiger partial charge in [-0.3, -0.25) is 9.52 Å². The van der Waals surface area contributed by atoms with Crippen LogP contribution in [-0.4, -0.2) is 20.9 Å². The lowest BCUT2D eigenvalue weighted by atomic mass is 10.1. The number of sulfonamides is 1. The molecule has 0 saturated carbocycles. The van der Waals surface area contributed by atoms with Crippen LogP contribution in [0, 0.1) is 5.82 Å². The average molecular weight is 427 g/mol. The van der Waals surface area contributed by atoms with Crippen LogP contribution in [0.15, 0.2) is 77.7 Å². The second-order valence-electron chi connectivity index (χ2n) is 6.83. The zero-order valence-corrected chi connectivity index (χ0v) is 17.4. The summed E-state index contributed by atoms with van der Waals surface area (Å²) < 4.78 is 41.2. The maximum Gasteiger partial charge on any atom is 0.261 e. The van der Waals surface area contributed by atoms with Crippen molar-refractivity contribution in [2.24, 2.45) is 0 Å². The SMILES string of the molecule is CCCCNC(=O)c1ccc(NS(=O)(=O)c2ccc(-c3cccc(F)c3)cc2)cc1. The topological polar surface area (TPSA) is 75.3 Å². The predicted octanol–water partition coefficient (Wildman–Crippen LogP) is 4.82. The lowest BCUT2D eigenvalue weighted by Gasteiger charge is -2.10. The first-order valence-corrected chi connectivity index (χ1v) is 11.1. The van der Waals surface area contributed by atoms with Crippen molar-refractivity contribution in [1.29, 1.82) is 0 Å². The van der Waals surface area contributed by atoms with Gasteiger partial charge in [0, 0.05) is 17.8 Å². The monoisotopic (exact) mass is 426 g/mol. The maximum absolute atomic E-state index is 13.4. The van der Waals surface area contributed by atoms with Gasteiger partial charge in [0.15, 0.2) is 0 Å². The number of unbranched alkanes of at least 4 members (excludes halogenated alkanes) is 1. The van der Waals surface area contributed by atoms with Crippen molar-refractivity contribution >= 4 is 21.6 Å². The quantitative estimate of drug-likeness (QED) is 0.507. The van der Waals surface area contributed by atoms with Gasteiger partial charge in [-0.2, -0.15) is 0 Å². The minimum Gasteiger partial charge on any atom is -0.352 e. The summed E-state index contributed by atoms with van der Waals surface area (Å²) in [6, 6.07) is 18.6. The number of carbonyl (C=O) groups is 1. The van der Waals surface area contributed by atoms with Crippen LogP contribution in [0.2, 0.25) is 0 Å².